The van der Waals surface area contributed by atoms with E-state index in [-0.39, 0.29) is 5.91 Å². The second kappa shape index (κ2) is 7.88. The van der Waals surface area contributed by atoms with Crippen LogP contribution in [0.1, 0.15) is 15.9 Å². The molecule has 7 heteroatoms. The summed E-state index contributed by atoms with van der Waals surface area (Å²) in [7, 11) is 1.53. The molecule has 1 aromatic heterocycles. The third-order valence-corrected chi connectivity index (χ3v) is 5.13. The number of rotatable bonds is 5. The van der Waals surface area contributed by atoms with Crippen LogP contribution in [0.2, 0.25) is 5.02 Å². The molecule has 1 amide bonds. The highest BCUT2D eigenvalue weighted by atomic mass is 127. The number of hydrogen-bond donors (Lipinski definition) is 1. The van der Waals surface area contributed by atoms with E-state index in [1.165, 1.54) is 7.11 Å². The van der Waals surface area contributed by atoms with Crippen LogP contribution in [0.5, 0.6) is 5.75 Å². The van der Waals surface area contributed by atoms with E-state index in [0.29, 0.717) is 28.6 Å². The van der Waals surface area contributed by atoms with E-state index in [2.05, 4.69) is 33.0 Å². The van der Waals surface area contributed by atoms with Crippen molar-refractivity contribution in [1.82, 2.24) is 9.78 Å². The zero-order chi connectivity index (χ0) is 17.8. The van der Waals surface area contributed by atoms with Gasteiger partial charge in [-0.15, -0.1) is 0 Å². The molecular formula is C18H15ClIN3O2. The zero-order valence-electron chi connectivity index (χ0n) is 13.4. The minimum Gasteiger partial charge on any atom is -0.496 e. The molecule has 0 saturated carbocycles. The summed E-state index contributed by atoms with van der Waals surface area (Å²) in [4.78, 5) is 12.5. The number of halogens is 2. The molecule has 128 valence electrons. The fourth-order valence-electron chi connectivity index (χ4n) is 2.35. The third-order valence-electron chi connectivity index (χ3n) is 3.60. The highest BCUT2D eigenvalue weighted by Crippen LogP contribution is 2.28. The Bertz CT molecular complexity index is 880. The maximum Gasteiger partial charge on any atom is 0.259 e. The molecule has 1 N–H and O–H groups in total. The molecule has 0 aliphatic rings. The van der Waals surface area contributed by atoms with Gasteiger partial charge >= 0.3 is 0 Å². The number of ether oxygens (including phenoxy) is 1. The normalized spacial score (nSPS) is 10.5. The lowest BCUT2D eigenvalue weighted by Gasteiger charge is -2.11. The molecule has 0 fully saturated rings. The monoisotopic (exact) mass is 467 g/mol. The second-order valence-corrected chi connectivity index (χ2v) is 6.89. The summed E-state index contributed by atoms with van der Waals surface area (Å²) in [5.41, 5.74) is 2.19. The molecule has 3 aromatic rings. The van der Waals surface area contributed by atoms with Crippen molar-refractivity contribution in [3.63, 3.8) is 0 Å². The Morgan fingerprint density at radius 1 is 1.32 bits per heavy atom. The SMILES string of the molecule is COc1cc(I)c(Cl)cc1C(=O)Nc1ccc(Cn2cccn2)cc1. The lowest BCUT2D eigenvalue weighted by atomic mass is 10.1. The first-order chi connectivity index (χ1) is 12.1. The molecule has 5 nitrogen and oxygen atoms in total. The van der Waals surface area contributed by atoms with Crippen LogP contribution in [0.15, 0.2) is 54.9 Å². The van der Waals surface area contributed by atoms with Gasteiger partial charge in [-0.1, -0.05) is 23.7 Å². The number of methoxy groups -OCH3 is 1. The van der Waals surface area contributed by atoms with Gasteiger partial charge in [-0.25, -0.2) is 0 Å². The van der Waals surface area contributed by atoms with Crippen molar-refractivity contribution in [3.8, 4) is 5.75 Å². The number of nitrogens with zero attached hydrogens (tertiary/aromatic N) is 2. The largest absolute Gasteiger partial charge is 0.496 e. The van der Waals surface area contributed by atoms with E-state index >= 15 is 0 Å². The summed E-state index contributed by atoms with van der Waals surface area (Å²) in [6.45, 7) is 0.682. The van der Waals surface area contributed by atoms with Crippen molar-refractivity contribution < 1.29 is 9.53 Å². The first-order valence-electron chi connectivity index (χ1n) is 7.47. The van der Waals surface area contributed by atoms with Crippen molar-refractivity contribution in [2.75, 3.05) is 12.4 Å². The van der Waals surface area contributed by atoms with E-state index < -0.39 is 0 Å². The first kappa shape index (κ1) is 17.8. The lowest BCUT2D eigenvalue weighted by molar-refractivity contribution is 0.102. The number of nitrogens with one attached hydrogen (secondary N) is 1. The Hall–Kier alpha value is -2.06. The molecule has 0 bridgehead atoms. The van der Waals surface area contributed by atoms with Crippen molar-refractivity contribution in [3.05, 3.63) is 74.6 Å². The Balaban J connectivity index is 1.74. The summed E-state index contributed by atoms with van der Waals surface area (Å²) in [6, 6.07) is 12.9. The van der Waals surface area contributed by atoms with Gasteiger partial charge in [0, 0.05) is 21.7 Å². The summed E-state index contributed by atoms with van der Waals surface area (Å²) in [5, 5.41) is 7.55. The molecular weight excluding hydrogens is 453 g/mol. The number of aromatic nitrogens is 2. The van der Waals surface area contributed by atoms with Crippen LogP contribution < -0.4 is 10.1 Å². The Morgan fingerprint density at radius 3 is 2.72 bits per heavy atom. The third kappa shape index (κ3) is 4.32. The Morgan fingerprint density at radius 2 is 2.08 bits per heavy atom. The fourth-order valence-corrected chi connectivity index (χ4v) is 2.95. The number of carbonyl (C=O) groups is 1. The summed E-state index contributed by atoms with van der Waals surface area (Å²) >= 11 is 8.23. The number of benzene rings is 2. The molecule has 0 spiro atoms. The molecule has 25 heavy (non-hydrogen) atoms. The van der Waals surface area contributed by atoms with Gasteiger partial charge in [0.15, 0.2) is 0 Å². The Labute approximate surface area is 164 Å². The highest BCUT2D eigenvalue weighted by Gasteiger charge is 2.15. The average Bonchev–Trinajstić information content (AvgIpc) is 3.11. The fraction of sp³-hybridized carbons (Fsp3) is 0.111. The van der Waals surface area contributed by atoms with Gasteiger partial charge in [0.2, 0.25) is 0 Å². The molecule has 0 aliphatic carbocycles. The predicted octanol–water partition coefficient (Wildman–Crippen LogP) is 4.45. The number of carbonyl (C=O) groups excluding carboxylic acids is 1. The molecule has 2 aromatic carbocycles. The molecule has 1 heterocycles. The molecule has 0 aliphatic heterocycles. The topological polar surface area (TPSA) is 56.1 Å². The second-order valence-electron chi connectivity index (χ2n) is 5.32. The van der Waals surface area contributed by atoms with Crippen LogP contribution in [0, 0.1) is 3.57 Å². The van der Waals surface area contributed by atoms with E-state index in [0.717, 1.165) is 9.13 Å². The van der Waals surface area contributed by atoms with E-state index in [1.807, 2.05) is 41.2 Å². The molecule has 3 rings (SSSR count). The van der Waals surface area contributed by atoms with Gasteiger partial charge in [-0.2, -0.15) is 5.10 Å². The minimum absolute atomic E-state index is 0.269. The smallest absolute Gasteiger partial charge is 0.259 e. The average molecular weight is 468 g/mol. The molecule has 0 radical (unpaired) electrons. The number of amides is 1. The quantitative estimate of drug-likeness (QED) is 0.564. The van der Waals surface area contributed by atoms with Crippen LogP contribution in [0.4, 0.5) is 5.69 Å². The van der Waals surface area contributed by atoms with Gasteiger partial charge in [-0.3, -0.25) is 9.48 Å². The summed E-state index contributed by atoms with van der Waals surface area (Å²) in [6.07, 6.45) is 3.65. The van der Waals surface area contributed by atoms with Crippen LogP contribution in [0.25, 0.3) is 0 Å². The van der Waals surface area contributed by atoms with Crippen molar-refractivity contribution in [1.29, 1.82) is 0 Å². The maximum atomic E-state index is 12.5. The van der Waals surface area contributed by atoms with Crippen molar-refractivity contribution in [2.24, 2.45) is 0 Å². The summed E-state index contributed by atoms with van der Waals surface area (Å²) in [5.74, 6) is 0.219. The van der Waals surface area contributed by atoms with Gasteiger partial charge in [0.05, 0.1) is 24.2 Å². The van der Waals surface area contributed by atoms with Crippen LogP contribution in [0.3, 0.4) is 0 Å². The molecule has 0 unspecified atom stereocenters. The number of hydrogen-bond acceptors (Lipinski definition) is 3. The van der Waals surface area contributed by atoms with Crippen LogP contribution >= 0.6 is 34.2 Å². The van der Waals surface area contributed by atoms with Crippen molar-refractivity contribution >= 4 is 45.8 Å². The standard InChI is InChI=1S/C18H15ClIN3O2/c1-25-17-10-16(20)15(19)9-14(17)18(24)22-13-5-3-12(4-6-13)11-23-8-2-7-21-23/h2-10H,11H2,1H3,(H,22,24). The molecule has 0 saturated heterocycles. The predicted molar refractivity (Wildman–Crippen MR) is 106 cm³/mol. The summed E-state index contributed by atoms with van der Waals surface area (Å²) < 4.78 is 7.95. The van der Waals surface area contributed by atoms with Crippen LogP contribution in [-0.2, 0) is 6.54 Å². The van der Waals surface area contributed by atoms with Crippen molar-refractivity contribution in [2.45, 2.75) is 6.54 Å². The molecule has 0 atom stereocenters. The lowest BCUT2D eigenvalue weighted by Crippen LogP contribution is -2.13. The zero-order valence-corrected chi connectivity index (χ0v) is 16.3. The van der Waals surface area contributed by atoms with E-state index in [4.69, 9.17) is 16.3 Å². The first-order valence-corrected chi connectivity index (χ1v) is 8.93. The van der Waals surface area contributed by atoms with Gasteiger partial charge in [0.1, 0.15) is 5.75 Å². The van der Waals surface area contributed by atoms with Gasteiger partial charge in [-0.05, 0) is 58.5 Å². The van der Waals surface area contributed by atoms with E-state index in [1.54, 1.807) is 18.3 Å². The minimum atomic E-state index is -0.269. The van der Waals surface area contributed by atoms with Gasteiger partial charge < -0.3 is 10.1 Å². The highest BCUT2D eigenvalue weighted by molar-refractivity contribution is 14.1. The van der Waals surface area contributed by atoms with E-state index in [9.17, 15) is 4.79 Å². The number of anilines is 1. The van der Waals surface area contributed by atoms with Gasteiger partial charge in [0.25, 0.3) is 5.91 Å². The maximum absolute atomic E-state index is 12.5. The Kier molecular flexibility index (Phi) is 5.60. The van der Waals surface area contributed by atoms with Crippen LogP contribution in [-0.4, -0.2) is 22.8 Å².